The van der Waals surface area contributed by atoms with Gasteiger partial charge in [0, 0.05) is 6.20 Å². The van der Waals surface area contributed by atoms with Crippen LogP contribution in [0.2, 0.25) is 0 Å². The molecule has 5 nitrogen and oxygen atoms in total. The fourth-order valence-electron chi connectivity index (χ4n) is 1.67. The summed E-state index contributed by atoms with van der Waals surface area (Å²) in [5.41, 5.74) is 1.49. The number of aromatic hydroxyl groups is 1. The van der Waals surface area contributed by atoms with Gasteiger partial charge in [0.15, 0.2) is 5.69 Å². The van der Waals surface area contributed by atoms with E-state index in [1.807, 2.05) is 6.07 Å². The van der Waals surface area contributed by atoms with Crippen molar-refractivity contribution in [2.24, 2.45) is 0 Å². The lowest BCUT2D eigenvalue weighted by atomic mass is 10.1. The Balaban J connectivity index is 2.33. The maximum absolute atomic E-state index is 12.0. The lowest BCUT2D eigenvalue weighted by Crippen LogP contribution is -2.14. The highest BCUT2D eigenvalue weighted by atomic mass is 16.3. The van der Waals surface area contributed by atoms with E-state index in [0.717, 1.165) is 5.56 Å². The number of anilines is 1. The minimum absolute atomic E-state index is 0.0760. The Labute approximate surface area is 110 Å². The van der Waals surface area contributed by atoms with E-state index >= 15 is 0 Å². The molecule has 1 aromatic heterocycles. The first-order chi connectivity index (χ1) is 9.13. The molecule has 0 saturated heterocycles. The molecule has 0 saturated carbocycles. The van der Waals surface area contributed by atoms with Crippen LogP contribution in [0.1, 0.15) is 21.6 Å². The third-order valence-corrected chi connectivity index (χ3v) is 2.63. The van der Waals surface area contributed by atoms with Gasteiger partial charge >= 0.3 is 0 Å². The third-order valence-electron chi connectivity index (χ3n) is 2.63. The Morgan fingerprint density at radius 2 is 2.16 bits per heavy atom. The molecule has 19 heavy (non-hydrogen) atoms. The molecule has 0 radical (unpaired) electrons. The molecule has 0 aliphatic rings. The standard InChI is InChI=1S/C14H11N3O2/c1-9-4-2-5-11(10(9)8-15)17-14(19)13-12(18)6-3-7-16-13/h2-7,18H,1H3,(H,17,19). The summed E-state index contributed by atoms with van der Waals surface area (Å²) in [6.45, 7) is 1.78. The van der Waals surface area contributed by atoms with Crippen molar-refractivity contribution in [1.82, 2.24) is 4.98 Å². The number of aryl methyl sites for hydroxylation is 1. The van der Waals surface area contributed by atoms with Crippen molar-refractivity contribution in [3.63, 3.8) is 0 Å². The minimum Gasteiger partial charge on any atom is -0.505 e. The van der Waals surface area contributed by atoms with Crippen molar-refractivity contribution in [3.05, 3.63) is 53.3 Å². The van der Waals surface area contributed by atoms with Gasteiger partial charge in [0.2, 0.25) is 0 Å². The molecule has 2 aromatic rings. The fourth-order valence-corrected chi connectivity index (χ4v) is 1.67. The molecule has 0 aliphatic heterocycles. The summed E-state index contributed by atoms with van der Waals surface area (Å²) in [6.07, 6.45) is 1.41. The molecule has 0 aliphatic carbocycles. The highest BCUT2D eigenvalue weighted by Crippen LogP contribution is 2.20. The van der Waals surface area contributed by atoms with E-state index in [4.69, 9.17) is 5.26 Å². The van der Waals surface area contributed by atoms with Crippen molar-refractivity contribution >= 4 is 11.6 Å². The van der Waals surface area contributed by atoms with Gasteiger partial charge in [-0.05, 0) is 30.7 Å². The number of hydrogen-bond donors (Lipinski definition) is 2. The summed E-state index contributed by atoms with van der Waals surface area (Å²) in [5, 5.41) is 21.2. The van der Waals surface area contributed by atoms with Crippen LogP contribution in [0.15, 0.2) is 36.5 Å². The highest BCUT2D eigenvalue weighted by Gasteiger charge is 2.14. The summed E-state index contributed by atoms with van der Waals surface area (Å²) in [5.74, 6) is -0.758. The largest absolute Gasteiger partial charge is 0.505 e. The molecule has 1 aromatic carbocycles. The van der Waals surface area contributed by atoms with Gasteiger partial charge in [-0.3, -0.25) is 4.79 Å². The SMILES string of the molecule is Cc1cccc(NC(=O)c2ncccc2O)c1C#N. The maximum atomic E-state index is 12.0. The highest BCUT2D eigenvalue weighted by molar-refractivity contribution is 6.05. The summed E-state index contributed by atoms with van der Waals surface area (Å²) >= 11 is 0. The van der Waals surface area contributed by atoms with E-state index in [-0.39, 0.29) is 11.4 Å². The zero-order valence-electron chi connectivity index (χ0n) is 10.2. The van der Waals surface area contributed by atoms with E-state index in [2.05, 4.69) is 10.3 Å². The first-order valence-corrected chi connectivity index (χ1v) is 5.58. The van der Waals surface area contributed by atoms with Crippen molar-refractivity contribution in [3.8, 4) is 11.8 Å². The van der Waals surface area contributed by atoms with Crippen molar-refractivity contribution in [1.29, 1.82) is 5.26 Å². The Hall–Kier alpha value is -2.87. The van der Waals surface area contributed by atoms with Crippen molar-refractivity contribution in [2.75, 3.05) is 5.32 Å². The number of nitrogens with zero attached hydrogens (tertiary/aromatic N) is 2. The molecule has 0 unspecified atom stereocenters. The molecule has 5 heteroatoms. The van der Waals surface area contributed by atoms with Gasteiger partial charge in [0.1, 0.15) is 11.8 Å². The lowest BCUT2D eigenvalue weighted by Gasteiger charge is -2.08. The Kier molecular flexibility index (Phi) is 3.44. The van der Waals surface area contributed by atoms with Crippen molar-refractivity contribution in [2.45, 2.75) is 6.92 Å². The minimum atomic E-state index is -0.555. The van der Waals surface area contributed by atoms with Crippen LogP contribution in [-0.2, 0) is 0 Å². The molecule has 1 amide bonds. The number of carbonyl (C=O) groups is 1. The first kappa shape index (κ1) is 12.6. The number of aromatic nitrogens is 1. The van der Waals surface area contributed by atoms with Gasteiger partial charge < -0.3 is 10.4 Å². The second-order valence-electron chi connectivity index (χ2n) is 3.93. The van der Waals surface area contributed by atoms with Crippen LogP contribution in [0.4, 0.5) is 5.69 Å². The number of nitriles is 1. The van der Waals surface area contributed by atoms with Gasteiger partial charge in [-0.2, -0.15) is 5.26 Å². The van der Waals surface area contributed by atoms with Crippen LogP contribution in [-0.4, -0.2) is 16.0 Å². The number of rotatable bonds is 2. The number of amides is 1. The number of pyridine rings is 1. The normalized spacial score (nSPS) is 9.68. The predicted octanol–water partition coefficient (Wildman–Crippen LogP) is 2.22. The van der Waals surface area contributed by atoms with Crippen LogP contribution in [0.5, 0.6) is 5.75 Å². The molecule has 2 N–H and O–H groups in total. The zero-order valence-corrected chi connectivity index (χ0v) is 10.2. The van der Waals surface area contributed by atoms with Crippen molar-refractivity contribution < 1.29 is 9.90 Å². The van der Waals surface area contributed by atoms with E-state index in [1.54, 1.807) is 25.1 Å². The Morgan fingerprint density at radius 3 is 2.84 bits per heavy atom. The number of benzene rings is 1. The molecule has 1 heterocycles. The predicted molar refractivity (Wildman–Crippen MR) is 69.7 cm³/mol. The van der Waals surface area contributed by atoms with E-state index < -0.39 is 5.91 Å². The third kappa shape index (κ3) is 2.53. The van der Waals surface area contributed by atoms with E-state index in [0.29, 0.717) is 11.3 Å². The van der Waals surface area contributed by atoms with E-state index in [1.165, 1.54) is 18.3 Å². The summed E-state index contributed by atoms with van der Waals surface area (Å²) in [4.78, 5) is 15.8. The first-order valence-electron chi connectivity index (χ1n) is 5.58. The molecule has 0 spiro atoms. The summed E-state index contributed by atoms with van der Waals surface area (Å²) in [6, 6.07) is 10.1. The molecular weight excluding hydrogens is 242 g/mol. The van der Waals surface area contributed by atoms with Crippen LogP contribution >= 0.6 is 0 Å². The topological polar surface area (TPSA) is 86.0 Å². The quantitative estimate of drug-likeness (QED) is 0.859. The summed E-state index contributed by atoms with van der Waals surface area (Å²) < 4.78 is 0. The average Bonchev–Trinajstić information content (AvgIpc) is 2.39. The number of hydrogen-bond acceptors (Lipinski definition) is 4. The monoisotopic (exact) mass is 253 g/mol. The lowest BCUT2D eigenvalue weighted by molar-refractivity contribution is 0.101. The van der Waals surface area contributed by atoms with Gasteiger partial charge in [-0.15, -0.1) is 0 Å². The smallest absolute Gasteiger partial charge is 0.278 e. The molecule has 0 fully saturated rings. The van der Waals surface area contributed by atoms with Gasteiger partial charge in [-0.1, -0.05) is 12.1 Å². The Morgan fingerprint density at radius 1 is 1.37 bits per heavy atom. The molecular formula is C14H11N3O2. The fraction of sp³-hybridized carbons (Fsp3) is 0.0714. The van der Waals surface area contributed by atoms with Crippen LogP contribution in [0.25, 0.3) is 0 Å². The van der Waals surface area contributed by atoms with Gasteiger partial charge in [0.05, 0.1) is 11.3 Å². The number of nitrogens with one attached hydrogen (secondary N) is 1. The summed E-state index contributed by atoms with van der Waals surface area (Å²) in [7, 11) is 0. The molecule has 2 rings (SSSR count). The second kappa shape index (κ2) is 5.19. The van der Waals surface area contributed by atoms with Crippen LogP contribution in [0, 0.1) is 18.3 Å². The van der Waals surface area contributed by atoms with Crippen LogP contribution in [0.3, 0.4) is 0 Å². The molecule has 0 bridgehead atoms. The number of carbonyl (C=O) groups excluding carboxylic acids is 1. The molecule has 0 atom stereocenters. The van der Waals surface area contributed by atoms with E-state index in [9.17, 15) is 9.90 Å². The second-order valence-corrected chi connectivity index (χ2v) is 3.93. The van der Waals surface area contributed by atoms with Crippen LogP contribution < -0.4 is 5.32 Å². The van der Waals surface area contributed by atoms with Gasteiger partial charge in [0.25, 0.3) is 5.91 Å². The molecule has 94 valence electrons. The maximum Gasteiger partial charge on any atom is 0.278 e. The zero-order chi connectivity index (χ0) is 13.8. The van der Waals surface area contributed by atoms with Gasteiger partial charge in [-0.25, -0.2) is 4.98 Å². The average molecular weight is 253 g/mol. The Bertz CT molecular complexity index is 675.